The Balaban J connectivity index is 2.40. The lowest BCUT2D eigenvalue weighted by atomic mass is 10.2. The Morgan fingerprint density at radius 1 is 1.56 bits per heavy atom. The maximum absolute atomic E-state index is 12.0. The number of carboxylic acids is 1. The van der Waals surface area contributed by atoms with E-state index in [4.69, 9.17) is 5.11 Å². The zero-order chi connectivity index (χ0) is 13.1. The van der Waals surface area contributed by atoms with Gasteiger partial charge in [-0.2, -0.15) is 0 Å². The topological polar surface area (TPSA) is 88.0 Å². The average molecular weight is 249 g/mol. The second-order valence-corrected chi connectivity index (χ2v) is 4.19. The molecule has 96 valence electrons. The molecule has 18 heavy (non-hydrogen) atoms. The molecule has 0 aromatic carbocycles. The number of H-pyrrole nitrogens is 1. The standard InChI is InChI=1S/C12H15N3O3/c1-2-3-4-9-13-8-5-6-15(7-10(16)17)12(18)11(8)14-9/h5-6H,2-4,7H2,1H3,(H,13,14)(H,16,17). The van der Waals surface area contributed by atoms with E-state index in [9.17, 15) is 9.59 Å². The van der Waals surface area contributed by atoms with Crippen LogP contribution in [0.1, 0.15) is 25.6 Å². The predicted octanol–water partition coefficient (Wildman–Crippen LogP) is 1.15. The molecule has 0 amide bonds. The largest absolute Gasteiger partial charge is 0.480 e. The molecular formula is C12H15N3O3. The molecule has 2 rings (SSSR count). The molecule has 0 aliphatic heterocycles. The number of aryl methyl sites for hydroxylation is 1. The van der Waals surface area contributed by atoms with Crippen LogP contribution in [0.3, 0.4) is 0 Å². The van der Waals surface area contributed by atoms with E-state index in [1.807, 2.05) is 0 Å². The zero-order valence-electron chi connectivity index (χ0n) is 10.1. The molecule has 0 unspecified atom stereocenters. The van der Waals surface area contributed by atoms with E-state index in [1.54, 1.807) is 6.07 Å². The summed E-state index contributed by atoms with van der Waals surface area (Å²) >= 11 is 0. The van der Waals surface area contributed by atoms with Gasteiger partial charge in [0, 0.05) is 12.6 Å². The van der Waals surface area contributed by atoms with Crippen LogP contribution in [-0.2, 0) is 17.8 Å². The number of hydrogen-bond donors (Lipinski definition) is 2. The second-order valence-electron chi connectivity index (χ2n) is 4.19. The van der Waals surface area contributed by atoms with Crippen molar-refractivity contribution in [2.24, 2.45) is 0 Å². The number of fused-ring (bicyclic) bond motifs is 1. The quantitative estimate of drug-likeness (QED) is 0.832. The number of nitrogens with one attached hydrogen (secondary N) is 1. The third kappa shape index (κ3) is 2.42. The fourth-order valence-electron chi connectivity index (χ4n) is 1.82. The molecule has 0 spiro atoms. The third-order valence-electron chi connectivity index (χ3n) is 2.74. The van der Waals surface area contributed by atoms with E-state index in [0.29, 0.717) is 11.0 Å². The van der Waals surface area contributed by atoms with Crippen molar-refractivity contribution in [1.29, 1.82) is 0 Å². The van der Waals surface area contributed by atoms with Gasteiger partial charge >= 0.3 is 5.97 Å². The molecule has 0 saturated carbocycles. The highest BCUT2D eigenvalue weighted by atomic mass is 16.4. The third-order valence-corrected chi connectivity index (χ3v) is 2.74. The molecule has 0 aliphatic rings. The first kappa shape index (κ1) is 12.3. The average Bonchev–Trinajstić information content (AvgIpc) is 2.73. The van der Waals surface area contributed by atoms with E-state index in [2.05, 4.69) is 16.9 Å². The maximum atomic E-state index is 12.0. The monoisotopic (exact) mass is 249 g/mol. The van der Waals surface area contributed by atoms with Crippen molar-refractivity contribution < 1.29 is 9.90 Å². The first-order chi connectivity index (χ1) is 8.61. The number of aromatic nitrogens is 3. The lowest BCUT2D eigenvalue weighted by Crippen LogP contribution is -2.23. The minimum atomic E-state index is -1.04. The normalized spacial score (nSPS) is 10.9. The molecule has 2 N–H and O–H groups in total. The number of carboxylic acid groups (broad SMARTS) is 1. The van der Waals surface area contributed by atoms with Gasteiger partial charge in [-0.3, -0.25) is 9.59 Å². The van der Waals surface area contributed by atoms with Crippen LogP contribution in [-0.4, -0.2) is 25.6 Å². The van der Waals surface area contributed by atoms with Crippen LogP contribution in [0.15, 0.2) is 17.1 Å². The summed E-state index contributed by atoms with van der Waals surface area (Å²) in [4.78, 5) is 29.9. The lowest BCUT2D eigenvalue weighted by Gasteiger charge is -1.99. The molecule has 2 aromatic rings. The van der Waals surface area contributed by atoms with Gasteiger partial charge in [0.2, 0.25) is 0 Å². The van der Waals surface area contributed by atoms with Gasteiger partial charge in [0.1, 0.15) is 12.4 Å². The van der Waals surface area contributed by atoms with Gasteiger partial charge in [-0.05, 0) is 12.5 Å². The highest BCUT2D eigenvalue weighted by Crippen LogP contribution is 2.08. The molecule has 0 atom stereocenters. The highest BCUT2D eigenvalue weighted by Gasteiger charge is 2.10. The number of unbranched alkanes of at least 4 members (excludes halogenated alkanes) is 1. The Kier molecular flexibility index (Phi) is 3.45. The summed E-state index contributed by atoms with van der Waals surface area (Å²) in [6, 6.07) is 1.68. The van der Waals surface area contributed by atoms with Gasteiger partial charge < -0.3 is 14.7 Å². The van der Waals surface area contributed by atoms with Crippen molar-refractivity contribution >= 4 is 17.0 Å². The van der Waals surface area contributed by atoms with Crippen LogP contribution in [0.5, 0.6) is 0 Å². The summed E-state index contributed by atoms with van der Waals surface area (Å²) in [5, 5.41) is 8.70. The first-order valence-electron chi connectivity index (χ1n) is 5.91. The van der Waals surface area contributed by atoms with Crippen LogP contribution < -0.4 is 5.56 Å². The number of imidazole rings is 1. The smallest absolute Gasteiger partial charge is 0.323 e. The molecule has 6 nitrogen and oxygen atoms in total. The molecule has 6 heteroatoms. The summed E-state index contributed by atoms with van der Waals surface area (Å²) in [6.45, 7) is 1.74. The molecule has 0 aliphatic carbocycles. The van der Waals surface area contributed by atoms with Gasteiger partial charge in [0.25, 0.3) is 5.56 Å². The number of carbonyl (C=O) groups is 1. The van der Waals surface area contributed by atoms with Gasteiger partial charge in [-0.15, -0.1) is 0 Å². The number of rotatable bonds is 5. The van der Waals surface area contributed by atoms with Crippen molar-refractivity contribution in [2.75, 3.05) is 0 Å². The number of pyridine rings is 1. The van der Waals surface area contributed by atoms with E-state index < -0.39 is 5.97 Å². The van der Waals surface area contributed by atoms with Crippen LogP contribution in [0.2, 0.25) is 0 Å². The van der Waals surface area contributed by atoms with Crippen LogP contribution >= 0.6 is 0 Å². The summed E-state index contributed by atoms with van der Waals surface area (Å²) in [7, 11) is 0. The van der Waals surface area contributed by atoms with Gasteiger partial charge in [0.05, 0.1) is 5.52 Å². The molecule has 0 radical (unpaired) electrons. The fourth-order valence-corrected chi connectivity index (χ4v) is 1.82. The summed E-state index contributed by atoms with van der Waals surface area (Å²) in [5.74, 6) is -0.268. The minimum absolute atomic E-state index is 0.310. The SMILES string of the molecule is CCCCc1nc2c(=O)n(CC(=O)O)ccc2[nH]1. The van der Waals surface area contributed by atoms with Gasteiger partial charge in [-0.1, -0.05) is 13.3 Å². The van der Waals surface area contributed by atoms with E-state index in [0.717, 1.165) is 29.7 Å². The zero-order valence-corrected chi connectivity index (χ0v) is 10.1. The Hall–Kier alpha value is -2.11. The van der Waals surface area contributed by atoms with Crippen LogP contribution in [0.4, 0.5) is 0 Å². The predicted molar refractivity (Wildman–Crippen MR) is 66.6 cm³/mol. The molecule has 2 heterocycles. The first-order valence-corrected chi connectivity index (χ1v) is 5.91. The van der Waals surface area contributed by atoms with E-state index >= 15 is 0 Å². The van der Waals surface area contributed by atoms with Crippen molar-refractivity contribution in [3.05, 3.63) is 28.4 Å². The van der Waals surface area contributed by atoms with Crippen molar-refractivity contribution in [3.63, 3.8) is 0 Å². The second kappa shape index (κ2) is 5.03. The Labute approximate surface area is 103 Å². The number of aliphatic carboxylic acids is 1. The van der Waals surface area contributed by atoms with E-state index in [-0.39, 0.29) is 12.1 Å². The van der Waals surface area contributed by atoms with E-state index in [1.165, 1.54) is 6.20 Å². The number of nitrogens with zero attached hydrogens (tertiary/aromatic N) is 2. The van der Waals surface area contributed by atoms with Gasteiger partial charge in [-0.25, -0.2) is 4.98 Å². The van der Waals surface area contributed by atoms with Crippen LogP contribution in [0.25, 0.3) is 11.0 Å². The van der Waals surface area contributed by atoms with Crippen molar-refractivity contribution in [2.45, 2.75) is 32.7 Å². The number of hydrogen-bond acceptors (Lipinski definition) is 3. The maximum Gasteiger partial charge on any atom is 0.323 e. The summed E-state index contributed by atoms with van der Waals surface area (Å²) < 4.78 is 1.15. The number of aromatic amines is 1. The van der Waals surface area contributed by atoms with Crippen LogP contribution in [0, 0.1) is 0 Å². The molecule has 2 aromatic heterocycles. The summed E-state index contributed by atoms with van der Waals surface area (Å²) in [6.07, 6.45) is 4.33. The molecule has 0 fully saturated rings. The molecule has 0 bridgehead atoms. The van der Waals surface area contributed by atoms with Crippen molar-refractivity contribution in [3.8, 4) is 0 Å². The minimum Gasteiger partial charge on any atom is -0.480 e. The molecule has 0 saturated heterocycles. The van der Waals surface area contributed by atoms with Gasteiger partial charge in [0.15, 0.2) is 5.52 Å². The lowest BCUT2D eigenvalue weighted by molar-refractivity contribution is -0.137. The fraction of sp³-hybridized carbons (Fsp3) is 0.417. The summed E-state index contributed by atoms with van der Waals surface area (Å²) in [5.41, 5.74) is 0.603. The Bertz CT molecular complexity index is 627. The van der Waals surface area contributed by atoms with Crippen molar-refractivity contribution in [1.82, 2.24) is 14.5 Å². The molecular weight excluding hydrogens is 234 g/mol. The highest BCUT2D eigenvalue weighted by molar-refractivity contribution is 5.74. The Morgan fingerprint density at radius 3 is 3.00 bits per heavy atom. The Morgan fingerprint density at radius 2 is 2.33 bits per heavy atom.